The Bertz CT molecular complexity index is 1300. The maximum atomic E-state index is 13.0. The van der Waals surface area contributed by atoms with E-state index in [0.29, 0.717) is 34.6 Å². The van der Waals surface area contributed by atoms with Crippen molar-refractivity contribution in [2.75, 3.05) is 50.7 Å². The number of likely N-dealkylation sites (tertiary alicyclic amines) is 1. The number of nitrogens with one attached hydrogen (secondary N) is 1. The van der Waals surface area contributed by atoms with Gasteiger partial charge in [-0.25, -0.2) is 0 Å². The fourth-order valence-corrected chi connectivity index (χ4v) is 7.06. The Morgan fingerprint density at radius 1 is 0.900 bits per heavy atom. The second-order valence-electron chi connectivity index (χ2n) is 11.3. The van der Waals surface area contributed by atoms with Crippen LogP contribution in [-0.2, 0) is 22.6 Å². The standard InChI is InChI=1S/C30H35Cl2N5O3/c31-24-2-1-3-25(28(24)32)36-16-14-35(15-17-36)22-9-12-34(13-10-22)11-8-20-4-5-23-21(18-20)19-37(30(23)40)26-6-7-27(38)33-29(26)39/h1-5,18,22,26H,6-17,19H2,(H,33,38,39). The first-order chi connectivity index (χ1) is 19.4. The van der Waals surface area contributed by atoms with Crippen molar-refractivity contribution in [1.29, 1.82) is 0 Å². The fourth-order valence-electron chi connectivity index (χ4n) is 6.64. The molecule has 2 aromatic rings. The molecule has 212 valence electrons. The lowest BCUT2D eigenvalue weighted by Crippen LogP contribution is -2.53. The average Bonchev–Trinajstić information content (AvgIpc) is 3.29. The molecule has 8 nitrogen and oxygen atoms in total. The normalized spacial score (nSPS) is 23.1. The molecule has 6 rings (SSSR count). The Morgan fingerprint density at radius 2 is 1.68 bits per heavy atom. The number of carbonyl (C=O) groups is 3. The number of rotatable bonds is 6. The number of halogens is 2. The molecule has 0 aliphatic carbocycles. The first-order valence-electron chi connectivity index (χ1n) is 14.3. The average molecular weight is 585 g/mol. The fraction of sp³-hybridized carbons (Fsp3) is 0.500. The van der Waals surface area contributed by atoms with E-state index in [9.17, 15) is 14.4 Å². The first-order valence-corrected chi connectivity index (χ1v) is 15.0. The van der Waals surface area contributed by atoms with Gasteiger partial charge in [-0.3, -0.25) is 24.6 Å². The lowest BCUT2D eigenvalue weighted by atomic mass is 10.0. The largest absolute Gasteiger partial charge is 0.368 e. The Balaban J connectivity index is 0.965. The van der Waals surface area contributed by atoms with Crippen LogP contribution in [-0.4, -0.2) is 90.3 Å². The van der Waals surface area contributed by atoms with Crippen LogP contribution in [0.15, 0.2) is 36.4 Å². The van der Waals surface area contributed by atoms with Crippen LogP contribution < -0.4 is 10.2 Å². The van der Waals surface area contributed by atoms with Crippen LogP contribution in [0.2, 0.25) is 10.0 Å². The zero-order valence-corrected chi connectivity index (χ0v) is 24.1. The summed E-state index contributed by atoms with van der Waals surface area (Å²) in [6, 6.07) is 12.0. The number of amides is 3. The lowest BCUT2D eigenvalue weighted by Gasteiger charge is -2.43. The van der Waals surface area contributed by atoms with Crippen molar-refractivity contribution in [3.05, 3.63) is 63.1 Å². The number of piperidine rings is 2. The minimum Gasteiger partial charge on any atom is -0.368 e. The molecule has 0 bridgehead atoms. The Hall–Kier alpha value is -2.65. The Labute approximate surface area is 245 Å². The number of anilines is 1. The van der Waals surface area contributed by atoms with Gasteiger partial charge in [0.05, 0.1) is 15.7 Å². The van der Waals surface area contributed by atoms with Crippen molar-refractivity contribution in [3.63, 3.8) is 0 Å². The predicted octanol–water partition coefficient (Wildman–Crippen LogP) is 3.58. The molecule has 4 aliphatic heterocycles. The van der Waals surface area contributed by atoms with Gasteiger partial charge in [0, 0.05) is 57.3 Å². The number of piperazine rings is 1. The minimum absolute atomic E-state index is 0.116. The Kier molecular flexibility index (Phi) is 8.04. The molecule has 3 fully saturated rings. The van der Waals surface area contributed by atoms with Gasteiger partial charge in [0.25, 0.3) is 5.91 Å². The second-order valence-corrected chi connectivity index (χ2v) is 12.1. The molecule has 0 saturated carbocycles. The van der Waals surface area contributed by atoms with Crippen LogP contribution in [0.5, 0.6) is 0 Å². The van der Waals surface area contributed by atoms with Crippen molar-refractivity contribution in [1.82, 2.24) is 20.0 Å². The van der Waals surface area contributed by atoms with Crippen LogP contribution in [0.1, 0.15) is 47.2 Å². The van der Waals surface area contributed by atoms with Gasteiger partial charge in [-0.05, 0) is 68.1 Å². The van der Waals surface area contributed by atoms with Gasteiger partial charge in [0.2, 0.25) is 11.8 Å². The number of carbonyl (C=O) groups excluding carboxylic acids is 3. The SMILES string of the molecule is O=C1CCC(N2Cc3cc(CCN4CCC(N5CCN(c6cccc(Cl)c6Cl)CC5)CC4)ccc3C2=O)C(=O)N1. The van der Waals surface area contributed by atoms with E-state index >= 15 is 0 Å². The zero-order valence-electron chi connectivity index (χ0n) is 22.6. The van der Waals surface area contributed by atoms with Gasteiger partial charge in [0.1, 0.15) is 6.04 Å². The van der Waals surface area contributed by atoms with Crippen LogP contribution in [0.3, 0.4) is 0 Å². The zero-order chi connectivity index (χ0) is 27.8. The van der Waals surface area contributed by atoms with Gasteiger partial charge in [-0.15, -0.1) is 0 Å². The topological polar surface area (TPSA) is 76.2 Å². The molecule has 2 aromatic carbocycles. The van der Waals surface area contributed by atoms with Crippen molar-refractivity contribution >= 4 is 46.6 Å². The molecule has 3 saturated heterocycles. The van der Waals surface area contributed by atoms with Crippen molar-refractivity contribution in [2.45, 2.75) is 50.7 Å². The van der Waals surface area contributed by atoms with E-state index in [1.54, 1.807) is 4.90 Å². The Morgan fingerprint density at radius 3 is 2.42 bits per heavy atom. The van der Waals surface area contributed by atoms with Crippen molar-refractivity contribution < 1.29 is 14.4 Å². The van der Waals surface area contributed by atoms with E-state index in [-0.39, 0.29) is 24.1 Å². The van der Waals surface area contributed by atoms with Gasteiger partial charge in [-0.2, -0.15) is 0 Å². The van der Waals surface area contributed by atoms with E-state index in [4.69, 9.17) is 23.2 Å². The summed E-state index contributed by atoms with van der Waals surface area (Å²) >= 11 is 12.7. The molecule has 0 radical (unpaired) electrons. The van der Waals surface area contributed by atoms with Gasteiger partial charge >= 0.3 is 0 Å². The van der Waals surface area contributed by atoms with Crippen molar-refractivity contribution in [3.8, 4) is 0 Å². The van der Waals surface area contributed by atoms with Crippen LogP contribution in [0, 0.1) is 0 Å². The van der Waals surface area contributed by atoms with Gasteiger partial charge in [-0.1, -0.05) is 41.4 Å². The van der Waals surface area contributed by atoms with Gasteiger partial charge < -0.3 is 14.7 Å². The number of fused-ring (bicyclic) bond motifs is 1. The molecule has 3 amide bonds. The van der Waals surface area contributed by atoms with E-state index in [0.717, 1.165) is 63.5 Å². The highest BCUT2D eigenvalue weighted by atomic mass is 35.5. The lowest BCUT2D eigenvalue weighted by molar-refractivity contribution is -0.136. The van der Waals surface area contributed by atoms with Crippen LogP contribution in [0.4, 0.5) is 5.69 Å². The quantitative estimate of drug-likeness (QED) is 0.524. The predicted molar refractivity (Wildman–Crippen MR) is 156 cm³/mol. The summed E-state index contributed by atoms with van der Waals surface area (Å²) in [6.45, 7) is 7.61. The van der Waals surface area contributed by atoms with E-state index < -0.39 is 6.04 Å². The first kappa shape index (κ1) is 27.5. The molecule has 0 spiro atoms. The second kappa shape index (κ2) is 11.7. The monoisotopic (exact) mass is 583 g/mol. The number of hydrogen-bond acceptors (Lipinski definition) is 6. The summed E-state index contributed by atoms with van der Waals surface area (Å²) in [7, 11) is 0. The molecular weight excluding hydrogens is 549 g/mol. The van der Waals surface area contributed by atoms with E-state index in [2.05, 4.69) is 32.1 Å². The number of imide groups is 1. The summed E-state index contributed by atoms with van der Waals surface area (Å²) in [6.07, 6.45) is 3.95. The number of hydrogen-bond donors (Lipinski definition) is 1. The molecule has 4 aliphatic rings. The molecule has 1 atom stereocenters. The third-order valence-corrected chi connectivity index (χ3v) is 9.77. The minimum atomic E-state index is -0.569. The number of nitrogens with zero attached hydrogens (tertiary/aromatic N) is 4. The molecule has 4 heterocycles. The highest BCUT2D eigenvalue weighted by Crippen LogP contribution is 2.33. The summed E-state index contributed by atoms with van der Waals surface area (Å²) in [4.78, 5) is 45.9. The number of benzene rings is 2. The molecular formula is C30H35Cl2N5O3. The highest BCUT2D eigenvalue weighted by Gasteiger charge is 2.39. The molecule has 10 heteroatoms. The summed E-state index contributed by atoms with van der Waals surface area (Å²) in [5.41, 5.74) is 3.90. The molecule has 1 unspecified atom stereocenters. The molecule has 40 heavy (non-hydrogen) atoms. The van der Waals surface area contributed by atoms with Crippen LogP contribution in [0.25, 0.3) is 0 Å². The van der Waals surface area contributed by atoms with Crippen molar-refractivity contribution in [2.24, 2.45) is 0 Å². The maximum absolute atomic E-state index is 13.0. The summed E-state index contributed by atoms with van der Waals surface area (Å²) in [5.74, 6) is -0.749. The molecule has 1 N–H and O–H groups in total. The highest BCUT2D eigenvalue weighted by molar-refractivity contribution is 6.43. The maximum Gasteiger partial charge on any atom is 0.255 e. The van der Waals surface area contributed by atoms with E-state index in [1.165, 1.54) is 18.4 Å². The van der Waals surface area contributed by atoms with Crippen LogP contribution >= 0.6 is 23.2 Å². The summed E-state index contributed by atoms with van der Waals surface area (Å²) < 4.78 is 0. The third-order valence-electron chi connectivity index (χ3n) is 8.96. The molecule has 0 aromatic heterocycles. The van der Waals surface area contributed by atoms with Gasteiger partial charge in [0.15, 0.2) is 0 Å². The third kappa shape index (κ3) is 5.59. The smallest absolute Gasteiger partial charge is 0.255 e. The summed E-state index contributed by atoms with van der Waals surface area (Å²) in [5, 5.41) is 3.62. The van der Waals surface area contributed by atoms with E-state index in [1.807, 2.05) is 24.3 Å².